The molecule has 5 aromatic rings. The van der Waals surface area contributed by atoms with Gasteiger partial charge in [0.1, 0.15) is 6.04 Å². The fourth-order valence-corrected chi connectivity index (χ4v) is 6.87. The Hall–Kier alpha value is -4.47. The lowest BCUT2D eigenvalue weighted by Crippen LogP contribution is -2.53. The minimum absolute atomic E-state index is 0.115. The van der Waals surface area contributed by atoms with Gasteiger partial charge in [0, 0.05) is 53.9 Å². The molecular formula is C39H48N6O2S. The number of likely N-dealkylation sites (N-methyl/N-ethyl adjacent to an activating group) is 1. The van der Waals surface area contributed by atoms with Crippen molar-refractivity contribution >= 4 is 34.2 Å². The molecule has 5 rings (SSSR count). The van der Waals surface area contributed by atoms with E-state index in [1.807, 2.05) is 67.2 Å². The first-order valence-electron chi connectivity index (χ1n) is 16.9. The van der Waals surface area contributed by atoms with Crippen molar-refractivity contribution in [2.45, 2.75) is 76.5 Å². The number of thiazole rings is 1. The number of amides is 3. The zero-order valence-corrected chi connectivity index (χ0v) is 29.2. The Bertz CT molecular complexity index is 1740. The fourth-order valence-electron chi connectivity index (χ4n) is 6.04. The van der Waals surface area contributed by atoms with Gasteiger partial charge in [-0.1, -0.05) is 92.7 Å². The van der Waals surface area contributed by atoms with E-state index in [1.165, 1.54) is 5.56 Å². The maximum atomic E-state index is 14.2. The quantitative estimate of drug-likeness (QED) is 0.0928. The van der Waals surface area contributed by atoms with Crippen LogP contribution in [-0.2, 0) is 30.6 Å². The number of urea groups is 1. The molecule has 0 fully saturated rings. The molecule has 0 saturated carbocycles. The summed E-state index contributed by atoms with van der Waals surface area (Å²) in [5, 5.41) is 14.0. The van der Waals surface area contributed by atoms with Gasteiger partial charge in [-0.05, 0) is 55.5 Å². The molecule has 48 heavy (non-hydrogen) atoms. The molecule has 2 heterocycles. The van der Waals surface area contributed by atoms with Crippen LogP contribution in [0.15, 0.2) is 96.5 Å². The number of carbonyl (C=O) groups excluding carboxylic acids is 2. The lowest BCUT2D eigenvalue weighted by atomic mass is 9.95. The van der Waals surface area contributed by atoms with Crippen molar-refractivity contribution in [2.24, 2.45) is 0 Å². The summed E-state index contributed by atoms with van der Waals surface area (Å²) in [5.41, 5.74) is 5.26. The molecule has 4 N–H and O–H groups in total. The minimum Gasteiger partial charge on any atom is -0.361 e. The van der Waals surface area contributed by atoms with Crippen molar-refractivity contribution in [3.63, 3.8) is 0 Å². The molecule has 3 atom stereocenters. The smallest absolute Gasteiger partial charge is 0.318 e. The molecule has 0 spiro atoms. The first-order valence-corrected chi connectivity index (χ1v) is 17.7. The van der Waals surface area contributed by atoms with Crippen molar-refractivity contribution in [2.75, 3.05) is 14.1 Å². The molecule has 0 aliphatic carbocycles. The summed E-state index contributed by atoms with van der Waals surface area (Å²) in [5.74, 6) is 0.139. The second kappa shape index (κ2) is 17.1. The third-order valence-electron chi connectivity index (χ3n) is 8.79. The van der Waals surface area contributed by atoms with E-state index in [2.05, 4.69) is 71.2 Å². The molecule has 9 heteroatoms. The van der Waals surface area contributed by atoms with Crippen LogP contribution in [0.2, 0.25) is 0 Å². The summed E-state index contributed by atoms with van der Waals surface area (Å²) in [6, 6.07) is 27.8. The van der Waals surface area contributed by atoms with E-state index in [0.717, 1.165) is 52.0 Å². The Morgan fingerprint density at radius 2 is 1.46 bits per heavy atom. The highest BCUT2D eigenvalue weighted by Crippen LogP contribution is 2.21. The summed E-state index contributed by atoms with van der Waals surface area (Å²) in [6.45, 7) is 4.58. The van der Waals surface area contributed by atoms with Gasteiger partial charge < -0.3 is 25.8 Å². The third-order valence-corrected chi connectivity index (χ3v) is 9.98. The van der Waals surface area contributed by atoms with Gasteiger partial charge in [0.25, 0.3) is 0 Å². The van der Waals surface area contributed by atoms with E-state index >= 15 is 0 Å². The largest absolute Gasteiger partial charge is 0.361 e. The molecule has 0 aliphatic heterocycles. The summed E-state index contributed by atoms with van der Waals surface area (Å²) in [6.07, 6.45) is 5.57. The molecule has 0 radical (unpaired) electrons. The van der Waals surface area contributed by atoms with Gasteiger partial charge in [0.2, 0.25) is 5.91 Å². The highest BCUT2D eigenvalue weighted by Gasteiger charge is 2.27. The lowest BCUT2D eigenvalue weighted by molar-refractivity contribution is -0.123. The second-order valence-corrected chi connectivity index (χ2v) is 13.8. The van der Waals surface area contributed by atoms with Crippen LogP contribution in [0.3, 0.4) is 0 Å². The molecule has 3 aromatic carbocycles. The third kappa shape index (κ3) is 9.78. The second-order valence-electron chi connectivity index (χ2n) is 12.9. The SMILES string of the molecule is CNC(CCC(Cc1ccccc1)NC(=O)C(Cc1c[nH]c2ccccc12)NC(=O)N(C)Cc1csc(C(C)C)n1)Cc1ccccc1. The highest BCUT2D eigenvalue weighted by atomic mass is 32.1. The molecule has 0 bridgehead atoms. The Balaban J connectivity index is 1.33. The van der Waals surface area contributed by atoms with Crippen LogP contribution in [-0.4, -0.2) is 59.0 Å². The normalized spacial score (nSPS) is 13.3. The number of H-pyrrole nitrogens is 1. The number of hydrogen-bond donors (Lipinski definition) is 4. The Morgan fingerprint density at radius 3 is 2.10 bits per heavy atom. The first kappa shape index (κ1) is 34.9. The number of benzene rings is 3. The number of nitrogens with one attached hydrogen (secondary N) is 4. The summed E-state index contributed by atoms with van der Waals surface area (Å²) >= 11 is 1.61. The maximum Gasteiger partial charge on any atom is 0.318 e. The van der Waals surface area contributed by atoms with Gasteiger partial charge in [0.15, 0.2) is 0 Å². The minimum atomic E-state index is -0.775. The van der Waals surface area contributed by atoms with Crippen molar-refractivity contribution in [1.82, 2.24) is 30.8 Å². The average molecular weight is 665 g/mol. The number of carbonyl (C=O) groups is 2. The Kier molecular flexibility index (Phi) is 12.4. The highest BCUT2D eigenvalue weighted by molar-refractivity contribution is 7.09. The summed E-state index contributed by atoms with van der Waals surface area (Å²) < 4.78 is 0. The van der Waals surface area contributed by atoms with Crippen LogP contribution in [0, 0.1) is 0 Å². The van der Waals surface area contributed by atoms with Crippen LogP contribution >= 0.6 is 11.3 Å². The lowest BCUT2D eigenvalue weighted by Gasteiger charge is -2.27. The van der Waals surface area contributed by atoms with Gasteiger partial charge in [-0.15, -0.1) is 11.3 Å². The van der Waals surface area contributed by atoms with E-state index in [-0.39, 0.29) is 24.0 Å². The van der Waals surface area contributed by atoms with E-state index in [1.54, 1.807) is 23.3 Å². The van der Waals surface area contributed by atoms with Gasteiger partial charge in [0.05, 0.1) is 17.2 Å². The monoisotopic (exact) mass is 664 g/mol. The van der Waals surface area contributed by atoms with Crippen molar-refractivity contribution in [3.05, 3.63) is 124 Å². The molecular weight excluding hydrogens is 617 g/mol. The molecule has 8 nitrogen and oxygen atoms in total. The molecule has 252 valence electrons. The van der Waals surface area contributed by atoms with Crippen LogP contribution in [0.4, 0.5) is 4.79 Å². The van der Waals surface area contributed by atoms with Crippen molar-refractivity contribution in [3.8, 4) is 0 Å². The van der Waals surface area contributed by atoms with Crippen LogP contribution in [0.1, 0.15) is 60.0 Å². The number of rotatable bonds is 16. The standard InChI is InChI=1S/C39H48N6O2S/c1-27(2)38-43-33(26-48-38)25-45(4)39(47)44-36(23-30-24-41-35-18-12-11-17-34(30)35)37(46)42-32(22-29-15-9-6-10-16-29)20-19-31(40-3)21-28-13-7-5-8-14-28/h5-18,24,26-27,31-32,36,40-41H,19-23,25H2,1-4H3,(H,42,46)(H,44,47). The van der Waals surface area contributed by atoms with Crippen LogP contribution in [0.25, 0.3) is 10.9 Å². The Morgan fingerprint density at radius 1 is 0.833 bits per heavy atom. The molecule has 2 aromatic heterocycles. The summed E-state index contributed by atoms with van der Waals surface area (Å²) in [7, 11) is 3.74. The number of aromatic nitrogens is 2. The van der Waals surface area contributed by atoms with E-state index in [4.69, 9.17) is 4.98 Å². The van der Waals surface area contributed by atoms with E-state index in [9.17, 15) is 9.59 Å². The van der Waals surface area contributed by atoms with E-state index in [0.29, 0.717) is 25.3 Å². The number of hydrogen-bond acceptors (Lipinski definition) is 5. The van der Waals surface area contributed by atoms with Gasteiger partial charge in [-0.3, -0.25) is 4.79 Å². The molecule has 3 amide bonds. The molecule has 0 aliphatic rings. The number of fused-ring (bicyclic) bond motifs is 1. The van der Waals surface area contributed by atoms with E-state index < -0.39 is 6.04 Å². The molecule has 3 unspecified atom stereocenters. The van der Waals surface area contributed by atoms with Gasteiger partial charge >= 0.3 is 6.03 Å². The Labute approximate surface area is 288 Å². The predicted octanol–water partition coefficient (Wildman–Crippen LogP) is 6.84. The number of aromatic amines is 1. The molecule has 0 saturated heterocycles. The average Bonchev–Trinajstić information content (AvgIpc) is 3.74. The van der Waals surface area contributed by atoms with Crippen molar-refractivity contribution < 1.29 is 9.59 Å². The fraction of sp³-hybridized carbons (Fsp3) is 0.359. The van der Waals surface area contributed by atoms with Gasteiger partial charge in [-0.2, -0.15) is 0 Å². The zero-order valence-electron chi connectivity index (χ0n) is 28.4. The van der Waals surface area contributed by atoms with Crippen LogP contribution < -0.4 is 16.0 Å². The van der Waals surface area contributed by atoms with Gasteiger partial charge in [-0.25, -0.2) is 9.78 Å². The van der Waals surface area contributed by atoms with Crippen LogP contribution in [0.5, 0.6) is 0 Å². The maximum absolute atomic E-state index is 14.2. The number of nitrogens with zero attached hydrogens (tertiary/aromatic N) is 2. The van der Waals surface area contributed by atoms with Crippen molar-refractivity contribution in [1.29, 1.82) is 0 Å². The zero-order chi connectivity index (χ0) is 33.9. The number of para-hydroxylation sites is 1. The topological polar surface area (TPSA) is 102 Å². The summed E-state index contributed by atoms with van der Waals surface area (Å²) in [4.78, 5) is 37.4. The predicted molar refractivity (Wildman–Crippen MR) is 196 cm³/mol. The first-order chi connectivity index (χ1) is 23.3.